The van der Waals surface area contributed by atoms with E-state index in [4.69, 9.17) is 23.2 Å². The summed E-state index contributed by atoms with van der Waals surface area (Å²) in [5.74, 6) is -0.764. The van der Waals surface area contributed by atoms with E-state index in [1.165, 1.54) is 0 Å². The lowest BCUT2D eigenvalue weighted by Crippen LogP contribution is -2.21. The summed E-state index contributed by atoms with van der Waals surface area (Å²) < 4.78 is 0. The summed E-state index contributed by atoms with van der Waals surface area (Å²) in [6.07, 6.45) is 1.24. The predicted octanol–water partition coefficient (Wildman–Crippen LogP) is 6.08. The molecule has 0 aliphatic heterocycles. The highest BCUT2D eigenvalue weighted by atomic mass is 35.5. The molecule has 8 heteroatoms. The fourth-order valence-corrected chi connectivity index (χ4v) is 3.55. The van der Waals surface area contributed by atoms with Crippen LogP contribution in [0.1, 0.15) is 58.5 Å². The van der Waals surface area contributed by atoms with Crippen molar-refractivity contribution in [1.82, 2.24) is 10.9 Å². The van der Waals surface area contributed by atoms with Crippen molar-refractivity contribution in [1.29, 1.82) is 0 Å². The quantitative estimate of drug-likeness (QED) is 0.293. The summed E-state index contributed by atoms with van der Waals surface area (Å²) in [6, 6.07) is 20.8. The number of amides is 2. The third-order valence-electron chi connectivity index (χ3n) is 4.98. The minimum absolute atomic E-state index is 0.374. The molecule has 2 N–H and O–H groups in total. The molecule has 0 bridgehead atoms. The molecule has 0 aromatic heterocycles. The lowest BCUT2D eigenvalue weighted by molar-refractivity contribution is 0.0943. The first kappa shape index (κ1) is 25.1. The second kappa shape index (κ2) is 12.1. The van der Waals surface area contributed by atoms with E-state index in [0.29, 0.717) is 45.4 Å². The first-order valence-corrected chi connectivity index (χ1v) is 11.5. The van der Waals surface area contributed by atoms with Crippen LogP contribution in [0.25, 0.3) is 0 Å². The molecule has 0 heterocycles. The van der Waals surface area contributed by atoms with Crippen molar-refractivity contribution in [3.63, 3.8) is 0 Å². The van der Waals surface area contributed by atoms with E-state index in [9.17, 15) is 9.59 Å². The van der Waals surface area contributed by atoms with Gasteiger partial charge in [0.15, 0.2) is 0 Å². The average molecular weight is 495 g/mol. The van der Waals surface area contributed by atoms with Crippen molar-refractivity contribution < 1.29 is 9.59 Å². The summed E-state index contributed by atoms with van der Waals surface area (Å²) in [4.78, 5) is 25.0. The maximum absolute atomic E-state index is 12.5. The normalized spacial score (nSPS) is 11.8. The molecule has 0 spiro atoms. The minimum atomic E-state index is -0.382. The number of hydrogen-bond donors (Lipinski definition) is 2. The molecule has 3 aromatic carbocycles. The maximum Gasteiger partial charge on any atom is 0.271 e. The largest absolute Gasteiger partial charge is 0.271 e. The SMILES string of the molecule is CC/C(=N\NC(=O)c1ccc(C(=O)N/N=C(\CC)c2cccc(Cl)c2)cc1)c1cccc(Cl)c1. The van der Waals surface area contributed by atoms with Crippen LogP contribution in [0, 0.1) is 0 Å². The van der Waals surface area contributed by atoms with Gasteiger partial charge in [-0.05, 0) is 72.5 Å². The van der Waals surface area contributed by atoms with Crippen molar-refractivity contribution >= 4 is 46.4 Å². The third-order valence-corrected chi connectivity index (χ3v) is 5.45. The summed E-state index contributed by atoms with van der Waals surface area (Å²) in [6.45, 7) is 3.89. The van der Waals surface area contributed by atoms with Crippen molar-refractivity contribution in [3.05, 3.63) is 105 Å². The third kappa shape index (κ3) is 6.76. The van der Waals surface area contributed by atoms with Crippen LogP contribution in [0.3, 0.4) is 0 Å². The second-order valence-corrected chi connectivity index (χ2v) is 8.18. The van der Waals surface area contributed by atoms with E-state index in [0.717, 1.165) is 11.1 Å². The minimum Gasteiger partial charge on any atom is -0.267 e. The van der Waals surface area contributed by atoms with Gasteiger partial charge in [0.25, 0.3) is 11.8 Å². The summed E-state index contributed by atoms with van der Waals surface area (Å²) >= 11 is 12.1. The van der Waals surface area contributed by atoms with E-state index in [-0.39, 0.29) is 11.8 Å². The molecule has 0 fully saturated rings. The highest BCUT2D eigenvalue weighted by Gasteiger charge is 2.10. The van der Waals surface area contributed by atoms with Crippen LogP contribution in [-0.4, -0.2) is 23.2 Å². The van der Waals surface area contributed by atoms with Gasteiger partial charge in [0, 0.05) is 21.2 Å². The molecule has 0 saturated heterocycles. The van der Waals surface area contributed by atoms with E-state index >= 15 is 0 Å². The average Bonchev–Trinajstić information content (AvgIpc) is 2.85. The van der Waals surface area contributed by atoms with Gasteiger partial charge in [-0.2, -0.15) is 10.2 Å². The molecule has 0 aliphatic carbocycles. The van der Waals surface area contributed by atoms with Crippen LogP contribution in [0.4, 0.5) is 0 Å². The molecular weight excluding hydrogens is 471 g/mol. The van der Waals surface area contributed by atoms with Gasteiger partial charge in [-0.3, -0.25) is 9.59 Å². The molecule has 0 saturated carbocycles. The number of nitrogens with zero attached hydrogens (tertiary/aromatic N) is 2. The lowest BCUT2D eigenvalue weighted by Gasteiger charge is -2.07. The lowest BCUT2D eigenvalue weighted by atomic mass is 10.1. The number of halogens is 2. The van der Waals surface area contributed by atoms with Crippen LogP contribution in [0.15, 0.2) is 83.0 Å². The van der Waals surface area contributed by atoms with Crippen LogP contribution in [-0.2, 0) is 0 Å². The van der Waals surface area contributed by atoms with Gasteiger partial charge < -0.3 is 0 Å². The number of hydrazone groups is 2. The topological polar surface area (TPSA) is 82.9 Å². The number of carbonyl (C=O) groups excluding carboxylic acids is 2. The number of carbonyl (C=O) groups is 2. The van der Waals surface area contributed by atoms with Gasteiger partial charge in [0.1, 0.15) is 0 Å². The molecule has 0 radical (unpaired) electrons. The molecule has 3 aromatic rings. The first-order valence-electron chi connectivity index (χ1n) is 10.8. The van der Waals surface area contributed by atoms with Crippen molar-refractivity contribution in [2.45, 2.75) is 26.7 Å². The van der Waals surface area contributed by atoms with Crippen molar-refractivity contribution in [3.8, 4) is 0 Å². The van der Waals surface area contributed by atoms with Gasteiger partial charge in [-0.15, -0.1) is 0 Å². The monoisotopic (exact) mass is 494 g/mol. The Bertz CT molecular complexity index is 1140. The summed E-state index contributed by atoms with van der Waals surface area (Å²) in [5.41, 5.74) is 8.96. The summed E-state index contributed by atoms with van der Waals surface area (Å²) in [7, 11) is 0. The Morgan fingerprint density at radius 1 is 0.647 bits per heavy atom. The molecule has 2 amide bonds. The highest BCUT2D eigenvalue weighted by Crippen LogP contribution is 2.14. The molecule has 0 atom stereocenters. The van der Waals surface area contributed by atoms with E-state index < -0.39 is 0 Å². The molecule has 0 aliphatic rings. The standard InChI is InChI=1S/C26H24Cl2N4O2/c1-3-23(19-7-5-9-21(27)15-19)29-31-25(33)17-11-13-18(14-12-17)26(34)32-30-24(4-2)20-8-6-10-22(28)16-20/h5-16H,3-4H2,1-2H3,(H,31,33)(H,32,34)/b29-23+,30-24+. The number of hydrogen-bond acceptors (Lipinski definition) is 4. The zero-order valence-electron chi connectivity index (χ0n) is 18.8. The molecule has 0 unspecified atom stereocenters. The van der Waals surface area contributed by atoms with Crippen molar-refractivity contribution in [2.75, 3.05) is 0 Å². The van der Waals surface area contributed by atoms with Gasteiger partial charge in [-0.25, -0.2) is 10.9 Å². The molecule has 3 rings (SSSR count). The number of benzene rings is 3. The van der Waals surface area contributed by atoms with Gasteiger partial charge >= 0.3 is 0 Å². The Balaban J connectivity index is 1.65. The fourth-order valence-electron chi connectivity index (χ4n) is 3.17. The van der Waals surface area contributed by atoms with Gasteiger partial charge in [0.2, 0.25) is 0 Å². The highest BCUT2D eigenvalue weighted by molar-refractivity contribution is 6.31. The fraction of sp³-hybridized carbons (Fsp3) is 0.154. The predicted molar refractivity (Wildman–Crippen MR) is 138 cm³/mol. The second-order valence-electron chi connectivity index (χ2n) is 7.30. The van der Waals surface area contributed by atoms with Gasteiger partial charge in [-0.1, -0.05) is 61.3 Å². The smallest absolute Gasteiger partial charge is 0.267 e. The van der Waals surface area contributed by atoms with Crippen LogP contribution in [0.2, 0.25) is 10.0 Å². The van der Waals surface area contributed by atoms with Crippen LogP contribution in [0.5, 0.6) is 0 Å². The Hall–Kier alpha value is -3.48. The Labute approximate surface area is 208 Å². The van der Waals surface area contributed by atoms with Crippen LogP contribution < -0.4 is 10.9 Å². The van der Waals surface area contributed by atoms with E-state index in [2.05, 4.69) is 21.1 Å². The van der Waals surface area contributed by atoms with E-state index in [1.807, 2.05) is 38.1 Å². The molecule has 174 valence electrons. The van der Waals surface area contributed by atoms with Crippen molar-refractivity contribution in [2.24, 2.45) is 10.2 Å². The Morgan fingerprint density at radius 3 is 1.35 bits per heavy atom. The molecular formula is C26H24Cl2N4O2. The number of nitrogens with one attached hydrogen (secondary N) is 2. The first-order chi connectivity index (χ1) is 16.4. The zero-order valence-corrected chi connectivity index (χ0v) is 20.3. The summed E-state index contributed by atoms with van der Waals surface area (Å²) in [5, 5.41) is 9.66. The molecule has 6 nitrogen and oxygen atoms in total. The molecule has 34 heavy (non-hydrogen) atoms. The zero-order chi connectivity index (χ0) is 24.5. The maximum atomic E-state index is 12.5. The van der Waals surface area contributed by atoms with Crippen LogP contribution >= 0.6 is 23.2 Å². The number of rotatable bonds is 8. The van der Waals surface area contributed by atoms with E-state index in [1.54, 1.807) is 48.5 Å². The van der Waals surface area contributed by atoms with Gasteiger partial charge in [0.05, 0.1) is 11.4 Å². The Morgan fingerprint density at radius 2 is 1.03 bits per heavy atom. The Kier molecular flexibility index (Phi) is 8.96.